The number of aliphatic hydroxyl groups is 1. The Kier molecular flexibility index (Phi) is 4.30. The minimum absolute atomic E-state index is 0.348. The predicted molar refractivity (Wildman–Crippen MR) is 47.8 cm³/mol. The van der Waals surface area contributed by atoms with Crippen LogP contribution in [0, 0.1) is 11.8 Å². The molecule has 0 amide bonds. The molecule has 1 saturated carbocycles. The van der Waals surface area contributed by atoms with E-state index in [0.29, 0.717) is 18.9 Å². The van der Waals surface area contributed by atoms with Gasteiger partial charge in [-0.1, -0.05) is 12.8 Å². The van der Waals surface area contributed by atoms with Crippen LogP contribution < -0.4 is 0 Å². The van der Waals surface area contributed by atoms with Crippen molar-refractivity contribution in [2.75, 3.05) is 6.61 Å². The second-order valence-electron chi connectivity index (χ2n) is 3.81. The summed E-state index contributed by atoms with van der Waals surface area (Å²) in [7, 11) is 0. The van der Waals surface area contributed by atoms with Gasteiger partial charge in [-0.2, -0.15) is 0 Å². The molecular weight excluding hydrogens is 152 g/mol. The van der Waals surface area contributed by atoms with Crippen molar-refractivity contribution in [2.45, 2.75) is 38.5 Å². The van der Waals surface area contributed by atoms with Gasteiger partial charge >= 0.3 is 0 Å². The minimum Gasteiger partial charge on any atom is -0.396 e. The molecule has 0 saturated heterocycles. The van der Waals surface area contributed by atoms with Crippen LogP contribution in [0.5, 0.6) is 0 Å². The molecular formula is C10H18O2. The molecule has 0 bridgehead atoms. The van der Waals surface area contributed by atoms with Crippen LogP contribution in [-0.2, 0) is 4.79 Å². The first-order chi connectivity index (χ1) is 5.86. The van der Waals surface area contributed by atoms with Gasteiger partial charge in [0.15, 0.2) is 0 Å². The third kappa shape index (κ3) is 2.94. The molecule has 2 nitrogen and oxygen atoms in total. The zero-order valence-corrected chi connectivity index (χ0v) is 7.54. The van der Waals surface area contributed by atoms with E-state index in [2.05, 4.69) is 0 Å². The van der Waals surface area contributed by atoms with Gasteiger partial charge in [-0.3, -0.25) is 0 Å². The summed E-state index contributed by atoms with van der Waals surface area (Å²) in [6.07, 6.45) is 7.51. The fourth-order valence-electron chi connectivity index (χ4n) is 2.01. The van der Waals surface area contributed by atoms with Crippen LogP contribution in [0.2, 0.25) is 0 Å². The van der Waals surface area contributed by atoms with Crippen LogP contribution in [-0.4, -0.2) is 18.0 Å². The Hall–Kier alpha value is -0.370. The Balaban J connectivity index is 2.12. The topological polar surface area (TPSA) is 37.3 Å². The summed E-state index contributed by atoms with van der Waals surface area (Å²) in [6, 6.07) is 0. The molecule has 0 heterocycles. The van der Waals surface area contributed by atoms with Crippen molar-refractivity contribution in [1.29, 1.82) is 0 Å². The molecule has 0 spiro atoms. The summed E-state index contributed by atoms with van der Waals surface area (Å²) in [5, 5.41) is 8.90. The van der Waals surface area contributed by atoms with Crippen LogP contribution in [0.1, 0.15) is 38.5 Å². The summed E-state index contributed by atoms with van der Waals surface area (Å²) < 4.78 is 0. The van der Waals surface area contributed by atoms with Crippen molar-refractivity contribution < 1.29 is 9.90 Å². The van der Waals surface area contributed by atoms with Crippen LogP contribution in [0.25, 0.3) is 0 Å². The number of hydrogen-bond donors (Lipinski definition) is 1. The van der Waals surface area contributed by atoms with Crippen molar-refractivity contribution in [2.24, 2.45) is 11.8 Å². The van der Waals surface area contributed by atoms with E-state index in [0.717, 1.165) is 31.5 Å². The molecule has 0 aromatic heterocycles. The van der Waals surface area contributed by atoms with Gasteiger partial charge in [0.25, 0.3) is 0 Å². The molecule has 0 radical (unpaired) electrons. The first-order valence-corrected chi connectivity index (χ1v) is 4.91. The van der Waals surface area contributed by atoms with Crippen molar-refractivity contribution in [3.05, 3.63) is 0 Å². The molecule has 2 heteroatoms. The second kappa shape index (κ2) is 5.31. The van der Waals surface area contributed by atoms with E-state index in [1.165, 1.54) is 12.8 Å². The number of rotatable bonds is 4. The van der Waals surface area contributed by atoms with Gasteiger partial charge in [-0.05, 0) is 31.1 Å². The molecule has 1 aliphatic carbocycles. The van der Waals surface area contributed by atoms with Gasteiger partial charge in [-0.15, -0.1) is 0 Å². The maximum atomic E-state index is 10.1. The summed E-state index contributed by atoms with van der Waals surface area (Å²) in [6.45, 7) is 0.348. The van der Waals surface area contributed by atoms with Crippen molar-refractivity contribution in [1.82, 2.24) is 0 Å². The quantitative estimate of drug-likeness (QED) is 0.653. The maximum Gasteiger partial charge on any atom is 0.120 e. The third-order valence-corrected chi connectivity index (χ3v) is 2.92. The molecule has 0 aliphatic heterocycles. The monoisotopic (exact) mass is 170 g/mol. The van der Waals surface area contributed by atoms with Gasteiger partial charge in [0.05, 0.1) is 0 Å². The Bertz CT molecular complexity index is 126. The number of carbonyl (C=O) groups is 1. The highest BCUT2D eigenvalue weighted by molar-refractivity contribution is 5.49. The predicted octanol–water partition coefficient (Wildman–Crippen LogP) is 1.76. The highest BCUT2D eigenvalue weighted by atomic mass is 16.3. The highest BCUT2D eigenvalue weighted by Gasteiger charge is 2.19. The summed E-state index contributed by atoms with van der Waals surface area (Å²) in [5.41, 5.74) is 0. The van der Waals surface area contributed by atoms with Crippen LogP contribution in [0.3, 0.4) is 0 Å². The van der Waals surface area contributed by atoms with Crippen LogP contribution >= 0.6 is 0 Å². The minimum atomic E-state index is 0.348. The van der Waals surface area contributed by atoms with E-state index in [9.17, 15) is 4.79 Å². The summed E-state index contributed by atoms with van der Waals surface area (Å²) >= 11 is 0. The average molecular weight is 170 g/mol. The highest BCUT2D eigenvalue weighted by Crippen LogP contribution is 2.30. The fourth-order valence-corrected chi connectivity index (χ4v) is 2.01. The molecule has 1 fully saturated rings. The number of hydrogen-bond acceptors (Lipinski definition) is 2. The Labute approximate surface area is 74.0 Å². The molecule has 0 atom stereocenters. The lowest BCUT2D eigenvalue weighted by molar-refractivity contribution is -0.108. The Morgan fingerprint density at radius 1 is 1.17 bits per heavy atom. The fraction of sp³-hybridized carbons (Fsp3) is 0.900. The molecule has 70 valence electrons. The van der Waals surface area contributed by atoms with Gasteiger partial charge in [-0.25, -0.2) is 0 Å². The van der Waals surface area contributed by atoms with Crippen molar-refractivity contribution in [3.8, 4) is 0 Å². The van der Waals surface area contributed by atoms with E-state index in [-0.39, 0.29) is 0 Å². The Morgan fingerprint density at radius 2 is 1.75 bits per heavy atom. The van der Waals surface area contributed by atoms with E-state index >= 15 is 0 Å². The second-order valence-corrected chi connectivity index (χ2v) is 3.81. The lowest BCUT2D eigenvalue weighted by atomic mass is 9.80. The first kappa shape index (κ1) is 9.72. The van der Waals surface area contributed by atoms with Crippen molar-refractivity contribution in [3.63, 3.8) is 0 Å². The Morgan fingerprint density at radius 3 is 2.25 bits per heavy atom. The van der Waals surface area contributed by atoms with Crippen LogP contribution in [0.4, 0.5) is 0 Å². The largest absolute Gasteiger partial charge is 0.396 e. The molecule has 1 rings (SSSR count). The number of aldehydes is 1. The molecule has 0 aromatic carbocycles. The van der Waals surface area contributed by atoms with Crippen molar-refractivity contribution >= 4 is 6.29 Å². The lowest BCUT2D eigenvalue weighted by Gasteiger charge is -2.26. The summed E-state index contributed by atoms with van der Waals surface area (Å²) in [4.78, 5) is 10.1. The SMILES string of the molecule is O=CCCC1CCC(CO)CC1. The van der Waals surface area contributed by atoms with E-state index in [1.807, 2.05) is 0 Å². The normalized spacial score (nSPS) is 30.1. The lowest BCUT2D eigenvalue weighted by Crippen LogP contribution is -2.17. The maximum absolute atomic E-state index is 10.1. The van der Waals surface area contributed by atoms with Gasteiger partial charge in [0.1, 0.15) is 6.29 Å². The smallest absolute Gasteiger partial charge is 0.120 e. The third-order valence-electron chi connectivity index (χ3n) is 2.92. The molecule has 0 unspecified atom stereocenters. The van der Waals surface area contributed by atoms with Crippen LogP contribution in [0.15, 0.2) is 0 Å². The van der Waals surface area contributed by atoms with E-state index < -0.39 is 0 Å². The zero-order chi connectivity index (χ0) is 8.81. The molecule has 1 N–H and O–H groups in total. The van der Waals surface area contributed by atoms with E-state index in [1.54, 1.807) is 0 Å². The summed E-state index contributed by atoms with van der Waals surface area (Å²) in [5.74, 6) is 1.29. The average Bonchev–Trinajstić information content (AvgIpc) is 2.15. The standard InChI is InChI=1S/C10H18O2/c11-7-1-2-9-3-5-10(8-12)6-4-9/h7,9-10,12H,1-6,8H2. The van der Waals surface area contributed by atoms with Gasteiger partial charge in [0, 0.05) is 13.0 Å². The van der Waals surface area contributed by atoms with Gasteiger partial charge in [0.2, 0.25) is 0 Å². The molecule has 1 aliphatic rings. The number of carbonyl (C=O) groups excluding carboxylic acids is 1. The zero-order valence-electron chi connectivity index (χ0n) is 7.54. The van der Waals surface area contributed by atoms with Gasteiger partial charge < -0.3 is 9.90 Å². The first-order valence-electron chi connectivity index (χ1n) is 4.91. The molecule has 0 aromatic rings. The number of aliphatic hydroxyl groups excluding tert-OH is 1. The molecule has 12 heavy (non-hydrogen) atoms. The van der Waals surface area contributed by atoms with E-state index in [4.69, 9.17) is 5.11 Å².